The molecule has 1 aliphatic heterocycles. The molecule has 3 atom stereocenters. The number of aliphatic hydroxyl groups is 1. The number of hydrogen-bond acceptors (Lipinski definition) is 2. The van der Waals surface area contributed by atoms with Crippen molar-refractivity contribution in [2.75, 3.05) is 13.1 Å². The Morgan fingerprint density at radius 2 is 1.90 bits per heavy atom. The normalized spacial score (nSPS) is 25.1. The van der Waals surface area contributed by atoms with Crippen molar-refractivity contribution in [2.24, 2.45) is 5.92 Å². The van der Waals surface area contributed by atoms with E-state index < -0.39 is 6.10 Å². The molecule has 1 fully saturated rings. The Bertz CT molecular complexity index is 604. The molecule has 2 aromatic carbocycles. The summed E-state index contributed by atoms with van der Waals surface area (Å²) in [5.74, 6) is 0.721. The highest BCUT2D eigenvalue weighted by molar-refractivity contribution is 5.85. The van der Waals surface area contributed by atoms with Gasteiger partial charge in [0.1, 0.15) is 0 Å². The maximum Gasteiger partial charge on any atom is 0.0923 e. The van der Waals surface area contributed by atoms with E-state index in [1.165, 1.54) is 23.6 Å². The van der Waals surface area contributed by atoms with Gasteiger partial charge in [-0.25, -0.2) is 0 Å². The Labute approximate surface area is 127 Å². The molecule has 2 nitrogen and oxygen atoms in total. The smallest absolute Gasteiger partial charge is 0.0923 e. The molecule has 0 spiro atoms. The van der Waals surface area contributed by atoms with Gasteiger partial charge in [0.25, 0.3) is 0 Å². The topological polar surface area (TPSA) is 23.5 Å². The SMILES string of the molecule is CC1CCCN(CC(O)c2cccc3ccccc23)C1C. The molecule has 2 heteroatoms. The average Bonchev–Trinajstić information content (AvgIpc) is 2.51. The zero-order chi connectivity index (χ0) is 14.8. The summed E-state index contributed by atoms with van der Waals surface area (Å²) in [7, 11) is 0. The lowest BCUT2D eigenvalue weighted by Crippen LogP contribution is -2.44. The van der Waals surface area contributed by atoms with Gasteiger partial charge in [-0.3, -0.25) is 4.90 Å². The van der Waals surface area contributed by atoms with Crippen molar-refractivity contribution in [2.45, 2.75) is 38.8 Å². The van der Waals surface area contributed by atoms with E-state index in [2.05, 4.69) is 43.0 Å². The van der Waals surface area contributed by atoms with Crippen molar-refractivity contribution in [1.29, 1.82) is 0 Å². The summed E-state index contributed by atoms with van der Waals surface area (Å²) < 4.78 is 0. The number of hydrogen-bond donors (Lipinski definition) is 1. The van der Waals surface area contributed by atoms with Crippen molar-refractivity contribution in [3.05, 3.63) is 48.0 Å². The molecule has 1 aliphatic rings. The largest absolute Gasteiger partial charge is 0.387 e. The van der Waals surface area contributed by atoms with Crippen LogP contribution in [-0.2, 0) is 0 Å². The molecule has 0 saturated carbocycles. The predicted octanol–water partition coefficient (Wildman–Crippen LogP) is 3.99. The van der Waals surface area contributed by atoms with Crippen molar-refractivity contribution in [3.8, 4) is 0 Å². The summed E-state index contributed by atoms with van der Waals surface area (Å²) >= 11 is 0. The van der Waals surface area contributed by atoms with Crippen molar-refractivity contribution < 1.29 is 5.11 Å². The van der Waals surface area contributed by atoms with Gasteiger partial charge >= 0.3 is 0 Å². The molecule has 1 N–H and O–H groups in total. The van der Waals surface area contributed by atoms with Gasteiger partial charge < -0.3 is 5.11 Å². The highest BCUT2D eigenvalue weighted by Gasteiger charge is 2.26. The van der Waals surface area contributed by atoms with Crippen LogP contribution in [-0.4, -0.2) is 29.1 Å². The maximum atomic E-state index is 10.7. The molecular formula is C19H25NO. The van der Waals surface area contributed by atoms with Crippen molar-refractivity contribution in [3.63, 3.8) is 0 Å². The van der Waals surface area contributed by atoms with Crippen LogP contribution in [0.3, 0.4) is 0 Å². The summed E-state index contributed by atoms with van der Waals surface area (Å²) in [6, 6.07) is 15.1. The molecule has 2 aromatic rings. The summed E-state index contributed by atoms with van der Waals surface area (Å²) in [4.78, 5) is 2.45. The predicted molar refractivity (Wildman–Crippen MR) is 88.3 cm³/mol. The van der Waals surface area contributed by atoms with Crippen LogP contribution in [0.5, 0.6) is 0 Å². The van der Waals surface area contributed by atoms with E-state index in [9.17, 15) is 5.11 Å². The maximum absolute atomic E-state index is 10.7. The molecule has 3 rings (SSSR count). The number of nitrogens with zero attached hydrogens (tertiary/aromatic N) is 1. The quantitative estimate of drug-likeness (QED) is 0.920. The number of rotatable bonds is 3. The molecule has 112 valence electrons. The highest BCUT2D eigenvalue weighted by Crippen LogP contribution is 2.28. The first-order valence-electron chi connectivity index (χ1n) is 8.06. The van der Waals surface area contributed by atoms with Gasteiger partial charge in [0.15, 0.2) is 0 Å². The number of benzene rings is 2. The van der Waals surface area contributed by atoms with Crippen molar-refractivity contribution in [1.82, 2.24) is 4.90 Å². The third kappa shape index (κ3) is 2.97. The average molecular weight is 283 g/mol. The molecule has 1 heterocycles. The Kier molecular flexibility index (Phi) is 4.27. The van der Waals surface area contributed by atoms with Gasteiger partial charge in [-0.1, -0.05) is 49.4 Å². The number of aliphatic hydroxyl groups excluding tert-OH is 1. The first kappa shape index (κ1) is 14.6. The molecule has 0 bridgehead atoms. The van der Waals surface area contributed by atoms with Gasteiger partial charge in [0.2, 0.25) is 0 Å². The second kappa shape index (κ2) is 6.17. The Morgan fingerprint density at radius 1 is 1.14 bits per heavy atom. The molecule has 21 heavy (non-hydrogen) atoms. The lowest BCUT2D eigenvalue weighted by atomic mass is 9.91. The Hall–Kier alpha value is -1.38. The van der Waals surface area contributed by atoms with E-state index in [-0.39, 0.29) is 0 Å². The molecule has 0 aromatic heterocycles. The third-order valence-electron chi connectivity index (χ3n) is 5.09. The second-order valence-electron chi connectivity index (χ2n) is 6.44. The van der Waals surface area contributed by atoms with E-state index in [4.69, 9.17) is 0 Å². The molecule has 0 aliphatic carbocycles. The van der Waals surface area contributed by atoms with E-state index in [0.29, 0.717) is 6.04 Å². The second-order valence-corrected chi connectivity index (χ2v) is 6.44. The first-order chi connectivity index (χ1) is 10.2. The molecule has 0 radical (unpaired) electrons. The molecular weight excluding hydrogens is 258 g/mol. The molecule has 1 saturated heterocycles. The Morgan fingerprint density at radius 3 is 2.76 bits per heavy atom. The van der Waals surface area contributed by atoms with Crippen LogP contribution < -0.4 is 0 Å². The fraction of sp³-hybridized carbons (Fsp3) is 0.474. The zero-order valence-corrected chi connectivity index (χ0v) is 13.0. The first-order valence-corrected chi connectivity index (χ1v) is 8.06. The minimum Gasteiger partial charge on any atom is -0.387 e. The monoisotopic (exact) mass is 283 g/mol. The Balaban J connectivity index is 1.82. The number of fused-ring (bicyclic) bond motifs is 1. The van der Waals surface area contributed by atoms with Gasteiger partial charge in [-0.05, 0) is 48.6 Å². The number of β-amino-alcohol motifs (C(OH)–C–C–N with tert-alkyl or cyclic N) is 1. The van der Waals surface area contributed by atoms with Gasteiger partial charge in [0, 0.05) is 12.6 Å². The summed E-state index contributed by atoms with van der Waals surface area (Å²) in [5, 5.41) is 13.1. The van der Waals surface area contributed by atoms with E-state index in [0.717, 1.165) is 24.6 Å². The van der Waals surface area contributed by atoms with Crippen LogP contribution >= 0.6 is 0 Å². The van der Waals surface area contributed by atoms with Crippen LogP contribution in [0.15, 0.2) is 42.5 Å². The lowest BCUT2D eigenvalue weighted by molar-refractivity contribution is 0.0519. The van der Waals surface area contributed by atoms with E-state index in [1.54, 1.807) is 0 Å². The van der Waals surface area contributed by atoms with Gasteiger partial charge in [0.05, 0.1) is 6.10 Å². The summed E-state index contributed by atoms with van der Waals surface area (Å²) in [6.45, 7) is 6.45. The van der Waals surface area contributed by atoms with Gasteiger partial charge in [-0.2, -0.15) is 0 Å². The highest BCUT2D eigenvalue weighted by atomic mass is 16.3. The minimum absolute atomic E-state index is 0.413. The van der Waals surface area contributed by atoms with Crippen LogP contribution in [0.1, 0.15) is 38.4 Å². The fourth-order valence-corrected chi connectivity index (χ4v) is 3.54. The standard InChI is InChI=1S/C19H25NO/c1-14-7-6-12-20(15(14)2)13-19(21)18-11-5-9-16-8-3-4-10-17(16)18/h3-5,8-11,14-15,19,21H,6-7,12-13H2,1-2H3. The van der Waals surface area contributed by atoms with Gasteiger partial charge in [-0.15, -0.1) is 0 Å². The summed E-state index contributed by atoms with van der Waals surface area (Å²) in [5.41, 5.74) is 1.05. The van der Waals surface area contributed by atoms with Crippen LogP contribution in [0, 0.1) is 5.92 Å². The molecule has 0 amide bonds. The van der Waals surface area contributed by atoms with Crippen LogP contribution in [0.4, 0.5) is 0 Å². The zero-order valence-electron chi connectivity index (χ0n) is 13.0. The number of piperidine rings is 1. The van der Waals surface area contributed by atoms with Crippen LogP contribution in [0.2, 0.25) is 0 Å². The fourth-order valence-electron chi connectivity index (χ4n) is 3.54. The lowest BCUT2D eigenvalue weighted by Gasteiger charge is -2.39. The minimum atomic E-state index is -0.413. The number of likely N-dealkylation sites (tertiary alicyclic amines) is 1. The van der Waals surface area contributed by atoms with E-state index in [1.807, 2.05) is 18.2 Å². The third-order valence-corrected chi connectivity index (χ3v) is 5.09. The summed E-state index contributed by atoms with van der Waals surface area (Å²) in [6.07, 6.45) is 2.14. The van der Waals surface area contributed by atoms with E-state index >= 15 is 0 Å². The van der Waals surface area contributed by atoms with Crippen molar-refractivity contribution >= 4 is 10.8 Å². The molecule has 3 unspecified atom stereocenters. The van der Waals surface area contributed by atoms with Crippen LogP contribution in [0.25, 0.3) is 10.8 Å².